The number of aromatic amines is 1. The van der Waals surface area contributed by atoms with Gasteiger partial charge in [-0.05, 0) is 37.3 Å². The van der Waals surface area contributed by atoms with Crippen LogP contribution in [0.25, 0.3) is 16.6 Å². The van der Waals surface area contributed by atoms with Gasteiger partial charge in [-0.2, -0.15) is 18.2 Å². The number of nitrogens with one attached hydrogen (secondary N) is 1. The molecular weight excluding hydrogens is 367 g/mol. The average Bonchev–Trinajstić information content (AvgIpc) is 2.62. The van der Waals surface area contributed by atoms with Crippen molar-refractivity contribution in [3.05, 3.63) is 57.2 Å². The number of fused-ring (bicyclic) bond motifs is 1. The Morgan fingerprint density at radius 3 is 2.44 bits per heavy atom. The minimum atomic E-state index is -4.45. The van der Waals surface area contributed by atoms with Crippen LogP contribution in [0, 0.1) is 0 Å². The number of pyridine rings is 1. The van der Waals surface area contributed by atoms with E-state index in [-0.39, 0.29) is 29.3 Å². The highest BCUT2D eigenvalue weighted by Crippen LogP contribution is 2.21. The van der Waals surface area contributed by atoms with E-state index in [1.165, 1.54) is 36.5 Å². The molecule has 7 nitrogen and oxygen atoms in total. The Balaban J connectivity index is 2.07. The molecule has 0 atom stereocenters. The second-order valence-corrected chi connectivity index (χ2v) is 5.43. The van der Waals surface area contributed by atoms with Gasteiger partial charge in [0.05, 0.1) is 17.7 Å². The molecule has 27 heavy (non-hydrogen) atoms. The summed E-state index contributed by atoms with van der Waals surface area (Å²) in [6, 6.07) is 6.71. The maximum Gasteiger partial charge on any atom is 0.422 e. The zero-order valence-corrected chi connectivity index (χ0v) is 14.0. The van der Waals surface area contributed by atoms with Crippen LogP contribution in [0.3, 0.4) is 0 Å². The van der Waals surface area contributed by atoms with Crippen LogP contribution >= 0.6 is 0 Å². The number of hydrogen-bond acceptors (Lipinski definition) is 5. The van der Waals surface area contributed by atoms with Crippen LogP contribution in [0.2, 0.25) is 0 Å². The Hall–Kier alpha value is -3.30. The van der Waals surface area contributed by atoms with Crippen LogP contribution in [-0.2, 0) is 0 Å². The lowest BCUT2D eigenvalue weighted by Crippen LogP contribution is -2.25. The van der Waals surface area contributed by atoms with Crippen LogP contribution in [0.1, 0.15) is 6.92 Å². The number of halogens is 3. The van der Waals surface area contributed by atoms with Crippen molar-refractivity contribution in [1.82, 2.24) is 14.5 Å². The molecule has 0 fully saturated rings. The van der Waals surface area contributed by atoms with Gasteiger partial charge in [-0.1, -0.05) is 0 Å². The molecule has 3 aromatic rings. The summed E-state index contributed by atoms with van der Waals surface area (Å²) in [6.07, 6.45) is -3.13. The summed E-state index contributed by atoms with van der Waals surface area (Å²) in [5.41, 5.74) is -0.836. The summed E-state index contributed by atoms with van der Waals surface area (Å²) in [7, 11) is 0. The number of hydrogen-bond donors (Lipinski definition) is 1. The van der Waals surface area contributed by atoms with Crippen LogP contribution < -0.4 is 20.6 Å². The summed E-state index contributed by atoms with van der Waals surface area (Å²) >= 11 is 0. The third-order valence-corrected chi connectivity index (χ3v) is 3.54. The van der Waals surface area contributed by atoms with Gasteiger partial charge in [0.25, 0.3) is 11.1 Å². The smallest absolute Gasteiger partial charge is 0.422 e. The summed E-state index contributed by atoms with van der Waals surface area (Å²) < 4.78 is 47.9. The van der Waals surface area contributed by atoms with Crippen molar-refractivity contribution in [3.63, 3.8) is 0 Å². The minimum Gasteiger partial charge on any atom is -0.484 e. The molecule has 0 unspecified atom stereocenters. The van der Waals surface area contributed by atoms with Gasteiger partial charge in [0.15, 0.2) is 6.61 Å². The van der Waals surface area contributed by atoms with Crippen molar-refractivity contribution in [1.29, 1.82) is 0 Å². The lowest BCUT2D eigenvalue weighted by atomic mass is 10.2. The van der Waals surface area contributed by atoms with Gasteiger partial charge in [-0.3, -0.25) is 9.59 Å². The third kappa shape index (κ3) is 3.94. The number of rotatable bonds is 5. The van der Waals surface area contributed by atoms with E-state index in [4.69, 9.17) is 4.74 Å². The second-order valence-electron chi connectivity index (χ2n) is 5.43. The number of ether oxygens (including phenoxy) is 2. The zero-order valence-electron chi connectivity index (χ0n) is 14.0. The molecule has 142 valence electrons. The molecule has 3 rings (SSSR count). The first kappa shape index (κ1) is 18.5. The van der Waals surface area contributed by atoms with Crippen LogP contribution in [0.5, 0.6) is 11.8 Å². The van der Waals surface area contributed by atoms with Crippen molar-refractivity contribution in [3.8, 4) is 17.4 Å². The van der Waals surface area contributed by atoms with Crippen molar-refractivity contribution in [2.75, 3.05) is 13.2 Å². The molecule has 1 N–H and O–H groups in total. The fourth-order valence-corrected chi connectivity index (χ4v) is 2.42. The average molecular weight is 381 g/mol. The predicted molar refractivity (Wildman–Crippen MR) is 90.7 cm³/mol. The summed E-state index contributed by atoms with van der Waals surface area (Å²) in [5.74, 6) is -0.00715. The zero-order chi connectivity index (χ0) is 19.6. The summed E-state index contributed by atoms with van der Waals surface area (Å²) in [5, 5.41) is 0.0830. The highest BCUT2D eigenvalue weighted by atomic mass is 19.4. The number of nitrogens with zero attached hydrogens (tertiary/aromatic N) is 2. The van der Waals surface area contributed by atoms with Crippen molar-refractivity contribution < 1.29 is 22.6 Å². The Morgan fingerprint density at radius 1 is 1.11 bits per heavy atom. The lowest BCUT2D eigenvalue weighted by molar-refractivity contribution is -0.153. The van der Waals surface area contributed by atoms with Crippen LogP contribution in [0.4, 0.5) is 13.2 Å². The molecule has 0 saturated carbocycles. The lowest BCUT2D eigenvalue weighted by Gasteiger charge is -2.14. The first-order chi connectivity index (χ1) is 12.8. The van der Waals surface area contributed by atoms with Gasteiger partial charge in [-0.15, -0.1) is 0 Å². The van der Waals surface area contributed by atoms with Crippen molar-refractivity contribution in [2.45, 2.75) is 13.1 Å². The summed E-state index contributed by atoms with van der Waals surface area (Å²) in [6.45, 7) is 0.455. The van der Waals surface area contributed by atoms with Gasteiger partial charge >= 0.3 is 12.2 Å². The molecule has 2 aromatic heterocycles. The van der Waals surface area contributed by atoms with Crippen LogP contribution in [-0.4, -0.2) is 33.9 Å². The molecule has 1 aromatic carbocycles. The Kier molecular flexibility index (Phi) is 4.89. The molecule has 0 radical (unpaired) electrons. The van der Waals surface area contributed by atoms with E-state index < -0.39 is 23.9 Å². The second kappa shape index (κ2) is 7.14. The van der Waals surface area contributed by atoms with Gasteiger partial charge in [0, 0.05) is 6.20 Å². The SMILES string of the molecule is CCOc1nc2c(=O)[nH]ccc2c(=O)n1-c1ccc(OCC(F)(F)F)cc1. The van der Waals surface area contributed by atoms with Gasteiger partial charge in [0.1, 0.15) is 11.3 Å². The normalized spacial score (nSPS) is 11.6. The number of aromatic nitrogens is 3. The molecule has 0 aliphatic rings. The van der Waals surface area contributed by atoms with E-state index in [2.05, 4.69) is 14.7 Å². The van der Waals surface area contributed by atoms with E-state index in [9.17, 15) is 22.8 Å². The van der Waals surface area contributed by atoms with E-state index >= 15 is 0 Å². The molecular formula is C17H14F3N3O4. The summed E-state index contributed by atoms with van der Waals surface area (Å²) in [4.78, 5) is 31.3. The molecule has 10 heteroatoms. The minimum absolute atomic E-state index is 0.00715. The Morgan fingerprint density at radius 2 is 1.81 bits per heavy atom. The number of H-pyrrole nitrogens is 1. The molecule has 0 saturated heterocycles. The number of benzene rings is 1. The monoisotopic (exact) mass is 381 g/mol. The molecule has 0 aliphatic heterocycles. The predicted octanol–water partition coefficient (Wildman–Crippen LogP) is 2.41. The largest absolute Gasteiger partial charge is 0.484 e. The maximum atomic E-state index is 12.8. The van der Waals surface area contributed by atoms with E-state index in [1.807, 2.05) is 0 Å². The standard InChI is InChI=1S/C17H14F3N3O4/c1-2-26-16-22-13-12(7-8-21-14(13)24)15(25)23(16)10-3-5-11(6-4-10)27-9-17(18,19)20/h3-8H,2,9H2,1H3,(H,21,24). The van der Waals surface area contributed by atoms with Gasteiger partial charge < -0.3 is 14.5 Å². The topological polar surface area (TPSA) is 86.2 Å². The van der Waals surface area contributed by atoms with Crippen molar-refractivity contribution in [2.24, 2.45) is 0 Å². The number of alkyl halides is 3. The van der Waals surface area contributed by atoms with Gasteiger partial charge in [-0.25, -0.2) is 4.57 Å². The van der Waals surface area contributed by atoms with E-state index in [0.29, 0.717) is 5.69 Å². The molecule has 2 heterocycles. The van der Waals surface area contributed by atoms with Crippen LogP contribution in [0.15, 0.2) is 46.1 Å². The quantitative estimate of drug-likeness (QED) is 0.734. The molecule has 0 spiro atoms. The Bertz CT molecular complexity index is 1070. The molecule has 0 amide bonds. The molecule has 0 bridgehead atoms. The Labute approximate surface area is 150 Å². The highest BCUT2D eigenvalue weighted by Gasteiger charge is 2.28. The van der Waals surface area contributed by atoms with E-state index in [0.717, 1.165) is 4.57 Å². The maximum absolute atomic E-state index is 12.8. The third-order valence-electron chi connectivity index (χ3n) is 3.54. The fraction of sp³-hybridized carbons (Fsp3) is 0.235. The van der Waals surface area contributed by atoms with E-state index in [1.54, 1.807) is 6.92 Å². The first-order valence-electron chi connectivity index (χ1n) is 7.87. The fourth-order valence-electron chi connectivity index (χ4n) is 2.42. The molecule has 0 aliphatic carbocycles. The first-order valence-corrected chi connectivity index (χ1v) is 7.87. The van der Waals surface area contributed by atoms with Crippen molar-refractivity contribution >= 4 is 10.9 Å². The highest BCUT2D eigenvalue weighted by molar-refractivity contribution is 5.77. The van der Waals surface area contributed by atoms with Gasteiger partial charge in [0.2, 0.25) is 0 Å².